The molecule has 1 aliphatic rings. The van der Waals surface area contributed by atoms with Crippen molar-refractivity contribution in [1.82, 2.24) is 5.01 Å². The van der Waals surface area contributed by atoms with Crippen molar-refractivity contribution in [2.75, 3.05) is 12.9 Å². The zero-order valence-electron chi connectivity index (χ0n) is 6.90. The molecule has 0 saturated carbocycles. The Bertz CT molecular complexity index is 295. The van der Waals surface area contributed by atoms with Crippen LogP contribution in [0.2, 0.25) is 0 Å². The summed E-state index contributed by atoms with van der Waals surface area (Å²) in [6.45, 7) is 0. The van der Waals surface area contributed by atoms with Crippen LogP contribution in [-0.2, 0) is 0 Å². The van der Waals surface area contributed by atoms with E-state index >= 15 is 0 Å². The normalized spacial score (nSPS) is 16.4. The van der Waals surface area contributed by atoms with Gasteiger partial charge in [-0.25, -0.2) is 0 Å². The summed E-state index contributed by atoms with van der Waals surface area (Å²) in [5.41, 5.74) is 1.21. The van der Waals surface area contributed by atoms with E-state index in [9.17, 15) is 0 Å². The molecule has 2 nitrogen and oxygen atoms in total. The number of thioether (sulfide) groups is 1. The Hall–Kier alpha value is -0.960. The van der Waals surface area contributed by atoms with Gasteiger partial charge in [-0.15, -0.1) is 0 Å². The highest BCUT2D eigenvalue weighted by Gasteiger charge is 2.12. The summed E-state index contributed by atoms with van der Waals surface area (Å²) in [6.07, 6.45) is 0. The molecule has 0 atom stereocenters. The molecule has 3 heteroatoms. The minimum atomic E-state index is 0.963. The molecule has 0 aromatic heterocycles. The highest BCUT2D eigenvalue weighted by Crippen LogP contribution is 2.20. The second kappa shape index (κ2) is 3.19. The smallest absolute Gasteiger partial charge is 0.125 e. The Kier molecular flexibility index (Phi) is 2.04. The van der Waals surface area contributed by atoms with Crippen LogP contribution in [0.4, 0.5) is 0 Å². The first-order valence-corrected chi connectivity index (χ1v) is 4.83. The van der Waals surface area contributed by atoms with Gasteiger partial charge in [0.05, 0.1) is 5.88 Å². The van der Waals surface area contributed by atoms with E-state index in [0.717, 1.165) is 10.9 Å². The average Bonchev–Trinajstić information content (AvgIpc) is 2.54. The third-order valence-corrected chi connectivity index (χ3v) is 2.76. The van der Waals surface area contributed by atoms with Crippen molar-refractivity contribution in [2.45, 2.75) is 0 Å². The maximum Gasteiger partial charge on any atom is 0.125 e. The highest BCUT2D eigenvalue weighted by molar-refractivity contribution is 8.14. The van der Waals surface area contributed by atoms with Gasteiger partial charge in [0.25, 0.3) is 0 Å². The van der Waals surface area contributed by atoms with E-state index in [4.69, 9.17) is 0 Å². The van der Waals surface area contributed by atoms with E-state index in [1.165, 1.54) is 5.56 Å². The van der Waals surface area contributed by atoms with Crippen molar-refractivity contribution in [1.29, 1.82) is 0 Å². The van der Waals surface area contributed by atoms with Gasteiger partial charge in [-0.3, -0.25) is 5.01 Å². The maximum absolute atomic E-state index is 4.37. The summed E-state index contributed by atoms with van der Waals surface area (Å²) in [5, 5.41) is 7.45. The molecule has 1 aromatic carbocycles. The summed E-state index contributed by atoms with van der Waals surface area (Å²) >= 11 is 1.78. The van der Waals surface area contributed by atoms with E-state index in [1.54, 1.807) is 11.8 Å². The standard InChI is InChI=1S/C9H10N2S/c1-11-7-12-9(10-11)8-5-3-2-4-6-8/h2-6H,7H2,1H3. The largest absolute Gasteiger partial charge is 0.289 e. The molecule has 0 aliphatic carbocycles. The molecule has 0 N–H and O–H groups in total. The molecule has 12 heavy (non-hydrogen) atoms. The lowest BCUT2D eigenvalue weighted by molar-refractivity contribution is 0.430. The van der Waals surface area contributed by atoms with Gasteiger partial charge in [0.15, 0.2) is 0 Å². The van der Waals surface area contributed by atoms with Crippen LogP contribution < -0.4 is 0 Å². The van der Waals surface area contributed by atoms with Crippen LogP contribution in [0.1, 0.15) is 5.56 Å². The quantitative estimate of drug-likeness (QED) is 0.653. The number of hydrogen-bond acceptors (Lipinski definition) is 3. The number of hydrazone groups is 1. The molecule has 2 rings (SSSR count). The van der Waals surface area contributed by atoms with Crippen molar-refractivity contribution < 1.29 is 0 Å². The van der Waals surface area contributed by atoms with Crippen LogP contribution in [0.25, 0.3) is 0 Å². The van der Waals surface area contributed by atoms with Crippen LogP contribution in [0.5, 0.6) is 0 Å². The van der Waals surface area contributed by atoms with Gasteiger partial charge < -0.3 is 0 Å². The molecule has 1 aliphatic heterocycles. The SMILES string of the molecule is CN1CSC(c2ccccc2)=N1. The predicted molar refractivity (Wildman–Crippen MR) is 53.2 cm³/mol. The molecule has 0 amide bonds. The number of hydrogen-bond donors (Lipinski definition) is 0. The third kappa shape index (κ3) is 1.46. The molecule has 62 valence electrons. The molecular weight excluding hydrogens is 168 g/mol. The van der Waals surface area contributed by atoms with Gasteiger partial charge in [0.2, 0.25) is 0 Å². The molecule has 0 radical (unpaired) electrons. The van der Waals surface area contributed by atoms with Crippen molar-refractivity contribution in [3.05, 3.63) is 35.9 Å². The van der Waals surface area contributed by atoms with Gasteiger partial charge >= 0.3 is 0 Å². The Morgan fingerprint density at radius 2 is 2.08 bits per heavy atom. The Balaban J connectivity index is 2.27. The first-order valence-electron chi connectivity index (χ1n) is 3.84. The van der Waals surface area contributed by atoms with Crippen LogP contribution in [0.15, 0.2) is 35.4 Å². The van der Waals surface area contributed by atoms with Gasteiger partial charge in [-0.2, -0.15) is 5.10 Å². The predicted octanol–water partition coefficient (Wildman–Crippen LogP) is 1.98. The summed E-state index contributed by atoms with van der Waals surface area (Å²) in [6, 6.07) is 10.3. The Morgan fingerprint density at radius 1 is 1.33 bits per heavy atom. The van der Waals surface area contributed by atoms with Crippen LogP contribution in [-0.4, -0.2) is 23.0 Å². The Labute approximate surface area is 76.3 Å². The molecule has 1 aromatic rings. The summed E-state index contributed by atoms with van der Waals surface area (Å²) in [5.74, 6) is 0.963. The zero-order chi connectivity index (χ0) is 8.39. The molecule has 0 unspecified atom stereocenters. The lowest BCUT2D eigenvalue weighted by Crippen LogP contribution is -2.02. The lowest BCUT2D eigenvalue weighted by Gasteiger charge is -1.99. The fraction of sp³-hybridized carbons (Fsp3) is 0.222. The van der Waals surface area contributed by atoms with Gasteiger partial charge in [0, 0.05) is 12.6 Å². The summed E-state index contributed by atoms with van der Waals surface area (Å²) in [4.78, 5) is 0. The molecule has 1 heterocycles. The molecule has 0 spiro atoms. The van der Waals surface area contributed by atoms with E-state index in [-0.39, 0.29) is 0 Å². The highest BCUT2D eigenvalue weighted by atomic mass is 32.2. The molecule has 0 saturated heterocycles. The average molecular weight is 178 g/mol. The monoisotopic (exact) mass is 178 g/mol. The van der Waals surface area contributed by atoms with E-state index in [2.05, 4.69) is 17.2 Å². The van der Waals surface area contributed by atoms with Gasteiger partial charge in [-0.1, -0.05) is 42.1 Å². The second-order valence-electron chi connectivity index (χ2n) is 2.70. The van der Waals surface area contributed by atoms with E-state index in [0.29, 0.717) is 0 Å². The number of rotatable bonds is 1. The van der Waals surface area contributed by atoms with Crippen LogP contribution in [0, 0.1) is 0 Å². The van der Waals surface area contributed by atoms with Gasteiger partial charge in [0.1, 0.15) is 5.04 Å². The topological polar surface area (TPSA) is 15.6 Å². The van der Waals surface area contributed by atoms with E-state index < -0.39 is 0 Å². The fourth-order valence-electron chi connectivity index (χ4n) is 1.09. The van der Waals surface area contributed by atoms with Crippen LogP contribution in [0.3, 0.4) is 0 Å². The minimum Gasteiger partial charge on any atom is -0.289 e. The van der Waals surface area contributed by atoms with Crippen molar-refractivity contribution in [3.8, 4) is 0 Å². The zero-order valence-corrected chi connectivity index (χ0v) is 7.71. The summed E-state index contributed by atoms with van der Waals surface area (Å²) < 4.78 is 0. The first kappa shape index (κ1) is 7.68. The Morgan fingerprint density at radius 3 is 2.67 bits per heavy atom. The van der Waals surface area contributed by atoms with Gasteiger partial charge in [-0.05, 0) is 0 Å². The van der Waals surface area contributed by atoms with E-state index in [1.807, 2.05) is 30.3 Å². The molecular formula is C9H10N2S. The van der Waals surface area contributed by atoms with Crippen LogP contribution >= 0.6 is 11.8 Å². The van der Waals surface area contributed by atoms with Crippen molar-refractivity contribution >= 4 is 16.8 Å². The molecule has 0 fully saturated rings. The first-order chi connectivity index (χ1) is 5.86. The number of nitrogens with zero attached hydrogens (tertiary/aromatic N) is 2. The lowest BCUT2D eigenvalue weighted by atomic mass is 10.2. The second-order valence-corrected chi connectivity index (χ2v) is 3.64. The van der Waals surface area contributed by atoms with Crippen molar-refractivity contribution in [3.63, 3.8) is 0 Å². The number of benzene rings is 1. The van der Waals surface area contributed by atoms with Crippen molar-refractivity contribution in [2.24, 2.45) is 5.10 Å². The summed E-state index contributed by atoms with van der Waals surface area (Å²) in [7, 11) is 1.99. The molecule has 0 bridgehead atoms. The fourth-order valence-corrected chi connectivity index (χ4v) is 1.96. The maximum atomic E-state index is 4.37. The third-order valence-electron chi connectivity index (χ3n) is 1.67. The minimum absolute atomic E-state index is 0.963.